The van der Waals surface area contributed by atoms with Crippen molar-refractivity contribution in [3.05, 3.63) is 112 Å². The van der Waals surface area contributed by atoms with E-state index in [9.17, 15) is 28.1 Å². The number of benzene rings is 3. The molecule has 0 fully saturated rings. The Bertz CT molecular complexity index is 1480. The lowest BCUT2D eigenvalue weighted by molar-refractivity contribution is -0.485. The summed E-state index contributed by atoms with van der Waals surface area (Å²) in [6.07, 6.45) is 0.944. The summed E-state index contributed by atoms with van der Waals surface area (Å²) in [6, 6.07) is 22.2. The number of anilines is 1. The minimum atomic E-state index is -3.50. The van der Waals surface area contributed by atoms with Crippen molar-refractivity contribution in [3.8, 4) is 0 Å². The fourth-order valence-electron chi connectivity index (χ4n) is 4.47. The Kier molecular flexibility index (Phi) is 10.7. The van der Waals surface area contributed by atoms with Gasteiger partial charge in [-0.1, -0.05) is 72.8 Å². The first-order valence-corrected chi connectivity index (χ1v) is 14.7. The Morgan fingerprint density at radius 1 is 0.929 bits per heavy atom. The van der Waals surface area contributed by atoms with Gasteiger partial charge in [-0.05, 0) is 41.7 Å². The van der Waals surface area contributed by atoms with Crippen LogP contribution in [0, 0.1) is 10.1 Å². The first-order chi connectivity index (χ1) is 19.9. The molecule has 14 heteroatoms. The highest BCUT2D eigenvalue weighted by atomic mass is 32.2. The third kappa shape index (κ3) is 9.11. The quantitative estimate of drug-likeness (QED) is 0.0928. The van der Waals surface area contributed by atoms with Gasteiger partial charge < -0.3 is 22.1 Å². The van der Waals surface area contributed by atoms with E-state index >= 15 is 0 Å². The number of nitrogens with zero attached hydrogens (tertiary/aromatic N) is 3. The monoisotopic (exact) mass is 595 g/mol. The Morgan fingerprint density at radius 2 is 1.45 bits per heavy atom. The van der Waals surface area contributed by atoms with Gasteiger partial charge in [0.15, 0.2) is 10.9 Å². The third-order valence-electron chi connectivity index (χ3n) is 6.44. The lowest BCUT2D eigenvalue weighted by Gasteiger charge is -2.34. The summed E-state index contributed by atoms with van der Waals surface area (Å²) in [6.45, 7) is -0.0601. The van der Waals surface area contributed by atoms with Crippen molar-refractivity contribution in [2.75, 3.05) is 11.0 Å². The second-order valence-electron chi connectivity index (χ2n) is 9.66. The van der Waals surface area contributed by atoms with Gasteiger partial charge in [-0.2, -0.15) is 0 Å². The zero-order valence-electron chi connectivity index (χ0n) is 22.9. The number of sulfonamides is 1. The van der Waals surface area contributed by atoms with Crippen LogP contribution in [0.5, 0.6) is 0 Å². The number of carbonyl (C=O) groups excluding carboxylic acids is 2. The number of amides is 2. The number of carbonyl (C=O) groups is 2. The number of hydrogen-bond acceptors (Lipinski definition) is 7. The number of rotatable bonds is 14. The molecule has 0 aliphatic heterocycles. The molecule has 3 aromatic rings. The summed E-state index contributed by atoms with van der Waals surface area (Å²) in [5.74, 6) is -2.46. The molecule has 0 aliphatic rings. The number of hydrazone groups is 1. The molecule has 0 aromatic heterocycles. The predicted octanol–water partition coefficient (Wildman–Crippen LogP) is 1.73. The molecule has 0 aliphatic carbocycles. The molecule has 2 amide bonds. The van der Waals surface area contributed by atoms with E-state index < -0.39 is 50.7 Å². The Hall–Kier alpha value is -4.82. The lowest BCUT2D eigenvalue weighted by atomic mass is 9.89. The number of nitro groups is 1. The van der Waals surface area contributed by atoms with Gasteiger partial charge in [0.2, 0.25) is 21.8 Å². The molecule has 13 nitrogen and oxygen atoms in total. The zero-order chi connectivity index (χ0) is 30.9. The highest BCUT2D eigenvalue weighted by Crippen LogP contribution is 2.29. The van der Waals surface area contributed by atoms with E-state index in [1.807, 2.05) is 36.4 Å². The van der Waals surface area contributed by atoms with Gasteiger partial charge in [-0.3, -0.25) is 14.3 Å². The molecular formula is C28H33N7O6S. The van der Waals surface area contributed by atoms with Crippen LogP contribution in [0.3, 0.4) is 0 Å². The van der Waals surface area contributed by atoms with Crippen LogP contribution in [0.15, 0.2) is 90.0 Å². The maximum atomic E-state index is 14.4. The Morgan fingerprint density at radius 3 is 1.90 bits per heavy atom. The van der Waals surface area contributed by atoms with E-state index in [1.165, 1.54) is 17.0 Å². The standard InChI is InChI=1S/C28H33N7O6S/c1-42(40,41)33-22-14-12-19(13-15-22)18-34(24(27(31)36)17-16-23(29)26(30)32-35(38)39)28(37)25(20-8-4-2-5-9-20)21-10-6-3-7-11-21/h2-15,23-25,33H,16-18,29H2,1H3,(H2,30,32)(H2,31,36)/t23?,24-/m0/s1. The molecule has 0 spiro atoms. The molecule has 1 unspecified atom stereocenters. The van der Waals surface area contributed by atoms with Crippen LogP contribution in [-0.2, 0) is 26.2 Å². The van der Waals surface area contributed by atoms with Crippen LogP contribution < -0.4 is 21.9 Å². The van der Waals surface area contributed by atoms with Gasteiger partial charge >= 0.3 is 0 Å². The third-order valence-corrected chi connectivity index (χ3v) is 7.05. The average molecular weight is 596 g/mol. The van der Waals surface area contributed by atoms with Gasteiger partial charge in [0, 0.05) is 12.2 Å². The molecular weight excluding hydrogens is 562 g/mol. The molecule has 3 aromatic carbocycles. The van der Waals surface area contributed by atoms with Gasteiger partial charge in [-0.25, -0.2) is 18.5 Å². The Labute approximate surface area is 243 Å². The summed E-state index contributed by atoms with van der Waals surface area (Å²) in [5.41, 5.74) is 19.7. The van der Waals surface area contributed by atoms with E-state index in [0.717, 1.165) is 6.26 Å². The maximum Gasteiger partial charge on any atom is 0.240 e. The molecule has 222 valence electrons. The molecule has 0 heterocycles. The largest absolute Gasteiger partial charge is 0.381 e. The molecule has 7 N–H and O–H groups in total. The summed E-state index contributed by atoms with van der Waals surface area (Å²) >= 11 is 0. The molecule has 3 rings (SSSR count). The van der Waals surface area contributed by atoms with Crippen LogP contribution in [0.2, 0.25) is 0 Å². The molecule has 0 saturated carbocycles. The van der Waals surface area contributed by atoms with Crippen molar-refractivity contribution >= 4 is 33.4 Å². The van der Waals surface area contributed by atoms with Crippen molar-refractivity contribution in [1.82, 2.24) is 4.90 Å². The normalized spacial score (nSPS) is 13.3. The number of hydrogen-bond donors (Lipinski definition) is 4. The van der Waals surface area contributed by atoms with Crippen molar-refractivity contribution in [2.24, 2.45) is 22.3 Å². The first kappa shape index (κ1) is 31.7. The highest BCUT2D eigenvalue weighted by molar-refractivity contribution is 7.92. The van der Waals surface area contributed by atoms with Crippen molar-refractivity contribution in [3.63, 3.8) is 0 Å². The molecule has 0 bridgehead atoms. The fourth-order valence-corrected chi connectivity index (χ4v) is 5.03. The lowest BCUT2D eigenvalue weighted by Crippen LogP contribution is -2.50. The summed E-state index contributed by atoms with van der Waals surface area (Å²) in [7, 11) is -3.50. The molecule has 0 radical (unpaired) electrons. The van der Waals surface area contributed by atoms with Gasteiger partial charge in [0.05, 0.1) is 23.3 Å². The van der Waals surface area contributed by atoms with Gasteiger partial charge in [0.25, 0.3) is 0 Å². The van der Waals surface area contributed by atoms with Crippen molar-refractivity contribution in [2.45, 2.75) is 37.4 Å². The molecule has 0 saturated heterocycles. The van der Waals surface area contributed by atoms with E-state index in [2.05, 4.69) is 9.82 Å². The Balaban J connectivity index is 2.04. The van der Waals surface area contributed by atoms with E-state index in [1.54, 1.807) is 36.4 Å². The summed E-state index contributed by atoms with van der Waals surface area (Å²) < 4.78 is 25.6. The van der Waals surface area contributed by atoms with E-state index in [0.29, 0.717) is 22.4 Å². The predicted molar refractivity (Wildman–Crippen MR) is 159 cm³/mol. The second kappa shape index (κ2) is 14.2. The van der Waals surface area contributed by atoms with Crippen LogP contribution in [0.1, 0.15) is 35.4 Å². The number of nitrogens with one attached hydrogen (secondary N) is 1. The van der Waals surface area contributed by atoms with Gasteiger partial charge in [0.1, 0.15) is 6.04 Å². The fraction of sp³-hybridized carbons (Fsp3) is 0.250. The summed E-state index contributed by atoms with van der Waals surface area (Å²) in [5, 5.41) is 12.8. The molecule has 42 heavy (non-hydrogen) atoms. The van der Waals surface area contributed by atoms with E-state index in [4.69, 9.17) is 17.2 Å². The average Bonchev–Trinajstić information content (AvgIpc) is 2.93. The van der Waals surface area contributed by atoms with Crippen molar-refractivity contribution in [1.29, 1.82) is 0 Å². The zero-order valence-corrected chi connectivity index (χ0v) is 23.7. The number of amidine groups is 1. The smallest absolute Gasteiger partial charge is 0.240 e. The van der Waals surface area contributed by atoms with Crippen LogP contribution in [0.25, 0.3) is 0 Å². The van der Waals surface area contributed by atoms with Crippen molar-refractivity contribution < 1.29 is 23.0 Å². The second-order valence-corrected chi connectivity index (χ2v) is 11.4. The van der Waals surface area contributed by atoms with Crippen LogP contribution >= 0.6 is 0 Å². The minimum Gasteiger partial charge on any atom is -0.381 e. The SMILES string of the molecule is CS(=O)(=O)Nc1ccc(CN(C(=O)C(c2ccccc2)c2ccccc2)[C@@H](CCC(N)C(N)=N[N+](=O)[O-])C(N)=O)cc1. The number of nitrogens with two attached hydrogens (primary N) is 3. The van der Waals surface area contributed by atoms with Crippen LogP contribution in [0.4, 0.5) is 5.69 Å². The van der Waals surface area contributed by atoms with Crippen LogP contribution in [-0.4, -0.2) is 54.3 Å². The topological polar surface area (TPSA) is 217 Å². The molecule has 2 atom stereocenters. The summed E-state index contributed by atoms with van der Waals surface area (Å²) in [4.78, 5) is 39.3. The minimum absolute atomic E-state index is 0.0287. The van der Waals surface area contributed by atoms with Gasteiger partial charge in [-0.15, -0.1) is 0 Å². The first-order valence-electron chi connectivity index (χ1n) is 12.9. The number of primary amides is 1. The van der Waals surface area contributed by atoms with E-state index in [-0.39, 0.29) is 19.4 Å². The highest BCUT2D eigenvalue weighted by Gasteiger charge is 2.35. The maximum absolute atomic E-state index is 14.4.